The molecule has 0 aromatic carbocycles. The van der Waals surface area contributed by atoms with E-state index < -0.39 is 46.9 Å². The van der Waals surface area contributed by atoms with Gasteiger partial charge in [-0.1, -0.05) is 24.1 Å². The van der Waals surface area contributed by atoms with Gasteiger partial charge in [-0.3, -0.25) is 4.42 Å². The van der Waals surface area contributed by atoms with Gasteiger partial charge in [0.15, 0.2) is 30.4 Å². The molecule has 28 heteroatoms. The first-order valence-electron chi connectivity index (χ1n) is 10.1. The molecule has 1 saturated carbocycles. The predicted molar refractivity (Wildman–Crippen MR) is 139 cm³/mol. The Labute approximate surface area is 272 Å². The third-order valence-corrected chi connectivity index (χ3v) is 7.06. The summed E-state index contributed by atoms with van der Waals surface area (Å²) in [6.45, 7) is 2.28. The van der Waals surface area contributed by atoms with Crippen molar-refractivity contribution in [2.24, 2.45) is 11.3 Å². The standard InChI is InChI=1S/C15H19O.3CHF3O3S.5H3N.Os/c1-11-5-8-15-7-3-4-13(11)14(15)10-12(16-2)6-9-15;3*2-1(3,4)8(5,6)7;;;;;;/h5-6,9-10,13H,3-4,7-8H2,1-2H3;3*(H,5,6,7);5*1H3;/q+1;;;;;;;;;+2/p-3/t13-,15+;;;;;;;;;/m0........./s1. The average molecular weight is 938 g/mol. The van der Waals surface area contributed by atoms with Crippen LogP contribution in [0.4, 0.5) is 39.5 Å². The third-order valence-electron chi connectivity index (χ3n) is 5.35. The van der Waals surface area contributed by atoms with Crippen molar-refractivity contribution in [2.75, 3.05) is 7.11 Å². The zero-order valence-electron chi connectivity index (χ0n) is 23.8. The zero-order valence-corrected chi connectivity index (χ0v) is 28.8. The summed E-state index contributed by atoms with van der Waals surface area (Å²) in [5, 5.41) is 0. The summed E-state index contributed by atoms with van der Waals surface area (Å²) in [7, 11) is -16.5. The Bertz CT molecular complexity index is 1280. The van der Waals surface area contributed by atoms with Crippen LogP contribution in [0.25, 0.3) is 0 Å². The Morgan fingerprint density at radius 1 is 0.761 bits per heavy atom. The molecular formula is C18H34F9N5O10OsS3. The van der Waals surface area contributed by atoms with Crippen LogP contribution < -0.4 is 30.8 Å². The van der Waals surface area contributed by atoms with Crippen LogP contribution >= 0.6 is 0 Å². The molecule has 2 atom stereocenters. The number of rotatable bonds is 0. The van der Waals surface area contributed by atoms with Crippen molar-refractivity contribution in [3.8, 4) is 0 Å². The van der Waals surface area contributed by atoms with E-state index in [0.717, 1.165) is 5.78 Å². The Morgan fingerprint density at radius 3 is 1.37 bits per heavy atom. The van der Waals surface area contributed by atoms with Crippen molar-refractivity contribution >= 4 is 36.1 Å². The van der Waals surface area contributed by atoms with Crippen molar-refractivity contribution in [1.82, 2.24) is 30.8 Å². The molecule has 15 nitrogen and oxygen atoms in total. The minimum atomic E-state index is -6.09. The van der Waals surface area contributed by atoms with E-state index in [4.69, 9.17) is 43.3 Å². The van der Waals surface area contributed by atoms with E-state index in [9.17, 15) is 39.5 Å². The maximum absolute atomic E-state index is 10.7. The van der Waals surface area contributed by atoms with Crippen LogP contribution in [0.2, 0.25) is 0 Å². The maximum Gasteiger partial charge on any atom is 2.00 e. The monoisotopic (exact) mass is 939 g/mol. The first kappa shape index (κ1) is 59.8. The Kier molecular flexibility index (Phi) is 26.9. The quantitative estimate of drug-likeness (QED) is 0.0743. The van der Waals surface area contributed by atoms with Crippen LogP contribution in [-0.2, 0) is 54.6 Å². The van der Waals surface area contributed by atoms with Crippen molar-refractivity contribution in [3.63, 3.8) is 0 Å². The number of allylic oxidation sites excluding steroid dienone is 6. The summed E-state index contributed by atoms with van der Waals surface area (Å²) in [6.07, 6.45) is 14.5. The molecule has 3 rings (SSSR count). The van der Waals surface area contributed by atoms with Gasteiger partial charge in [-0.25, -0.2) is 25.3 Å². The molecule has 2 bridgehead atoms. The molecule has 46 heavy (non-hydrogen) atoms. The fourth-order valence-corrected chi connectivity index (χ4v) is 3.51. The normalized spacial score (nSPS) is 20.9. The molecule has 0 aromatic heterocycles. The molecule has 0 radical (unpaired) electrons. The minimum absolute atomic E-state index is 0. The number of halogens is 9. The van der Waals surface area contributed by atoms with Gasteiger partial charge in [-0.2, -0.15) is 39.5 Å². The first-order chi connectivity index (χ1) is 17.5. The Hall–Kier alpha value is -1.57. The number of ketones is 1. The molecule has 280 valence electrons. The molecule has 0 spiro atoms. The van der Waals surface area contributed by atoms with Crippen molar-refractivity contribution in [1.29, 1.82) is 0 Å². The van der Waals surface area contributed by atoms with Gasteiger partial charge >= 0.3 is 42.1 Å². The smallest absolute Gasteiger partial charge is 0.741 e. The first-order valence-corrected chi connectivity index (χ1v) is 14.3. The van der Waals surface area contributed by atoms with E-state index in [0.29, 0.717) is 11.3 Å². The Balaban J connectivity index is -0.0000000899. The van der Waals surface area contributed by atoms with Gasteiger partial charge in [-0.05, 0) is 31.8 Å². The second kappa shape index (κ2) is 20.7. The molecule has 0 saturated heterocycles. The topological polar surface area (TPSA) is 358 Å². The molecule has 0 aromatic rings. The van der Waals surface area contributed by atoms with Gasteiger partial charge < -0.3 is 44.4 Å². The molecule has 0 unspecified atom stereocenters. The second-order valence-electron chi connectivity index (χ2n) is 7.99. The SMILES string of the molecule is C[O+]=C1C=C[C@]23CC=C(C)[C@H](CCC2)C3=C1.N.N.N.N.N.O=S(=O)([O-])C(F)(F)F.O=S(=O)([O-])C(F)(F)F.O=S(=O)([O-])C(F)(F)F.[Os+2]. The third kappa shape index (κ3) is 17.5. The van der Waals surface area contributed by atoms with Crippen LogP contribution in [0.3, 0.4) is 0 Å². The molecule has 1 fully saturated rings. The number of alkyl halides is 9. The van der Waals surface area contributed by atoms with Gasteiger partial charge in [0.25, 0.3) is 7.11 Å². The zero-order chi connectivity index (χ0) is 32.2. The van der Waals surface area contributed by atoms with Gasteiger partial charge in [0.05, 0.1) is 0 Å². The molecule has 3 aliphatic rings. The molecule has 0 aliphatic heterocycles. The van der Waals surface area contributed by atoms with Crippen molar-refractivity contribution in [2.45, 2.75) is 49.1 Å². The summed E-state index contributed by atoms with van der Waals surface area (Å²) in [5.74, 6) is 1.70. The fraction of sp³-hybridized carbons (Fsp3) is 0.611. The summed E-state index contributed by atoms with van der Waals surface area (Å²) in [4.78, 5) is 0. The fourth-order valence-electron chi connectivity index (χ4n) is 3.51. The minimum Gasteiger partial charge on any atom is -0.741 e. The van der Waals surface area contributed by atoms with Gasteiger partial charge in [-0.15, -0.1) is 0 Å². The van der Waals surface area contributed by atoms with Crippen LogP contribution in [0.1, 0.15) is 32.6 Å². The van der Waals surface area contributed by atoms with Crippen LogP contribution in [0.5, 0.6) is 0 Å². The van der Waals surface area contributed by atoms with E-state index in [1.54, 1.807) is 18.3 Å². The molecule has 0 amide bonds. The van der Waals surface area contributed by atoms with Crippen molar-refractivity contribution in [3.05, 3.63) is 35.5 Å². The van der Waals surface area contributed by atoms with Gasteiger partial charge in [0.2, 0.25) is 0 Å². The number of hydrogen-bond acceptors (Lipinski definition) is 14. The molecule has 0 heterocycles. The largest absolute Gasteiger partial charge is 2.00 e. The molecule has 3 aliphatic carbocycles. The van der Waals surface area contributed by atoms with Crippen LogP contribution in [-0.4, -0.2) is 68.3 Å². The Morgan fingerprint density at radius 2 is 1.09 bits per heavy atom. The van der Waals surface area contributed by atoms with Gasteiger partial charge in [0.1, 0.15) is 0 Å². The van der Waals surface area contributed by atoms with E-state index >= 15 is 0 Å². The van der Waals surface area contributed by atoms with Crippen LogP contribution in [0.15, 0.2) is 35.5 Å². The number of carbonyl (C=O) groups excluding carboxylic acids is 1. The van der Waals surface area contributed by atoms with Gasteiger partial charge in [0, 0.05) is 23.5 Å². The van der Waals surface area contributed by atoms with Crippen molar-refractivity contribution < 1.29 is 103 Å². The maximum atomic E-state index is 10.7. The summed E-state index contributed by atoms with van der Waals surface area (Å²) in [6, 6.07) is 0. The molecular weight excluding hydrogens is 904 g/mol. The predicted octanol–water partition coefficient (Wildman–Crippen LogP) is 4.32. The average Bonchev–Trinajstić information content (AvgIpc) is 2.73. The molecule has 15 N–H and O–H groups in total. The van der Waals surface area contributed by atoms with Crippen LogP contribution in [0, 0.1) is 11.3 Å². The summed E-state index contributed by atoms with van der Waals surface area (Å²) < 4.78 is 182. The van der Waals surface area contributed by atoms with E-state index in [-0.39, 0.29) is 50.5 Å². The van der Waals surface area contributed by atoms with E-state index in [1.165, 1.54) is 25.7 Å². The number of hydrogen-bond donors (Lipinski definition) is 5. The van der Waals surface area contributed by atoms with E-state index in [2.05, 4.69) is 31.2 Å². The van der Waals surface area contributed by atoms with E-state index in [1.807, 2.05) is 0 Å². The summed E-state index contributed by atoms with van der Waals surface area (Å²) >= 11 is 0. The second-order valence-corrected chi connectivity index (χ2v) is 12.1. The summed E-state index contributed by atoms with van der Waals surface area (Å²) in [5.41, 5.74) is -13.4.